The minimum absolute atomic E-state index is 0.384. The summed E-state index contributed by atoms with van der Waals surface area (Å²) < 4.78 is 0. The monoisotopic (exact) mass is 236 g/mol. The number of hydrogen-bond donors (Lipinski definition) is 1. The highest BCUT2D eigenvalue weighted by Crippen LogP contribution is 2.29. The maximum atomic E-state index is 9.82. The predicted molar refractivity (Wildman–Crippen MR) is 58.2 cm³/mol. The van der Waals surface area contributed by atoms with Gasteiger partial charge in [-0.2, -0.15) is 0 Å². The van der Waals surface area contributed by atoms with Crippen molar-refractivity contribution in [1.29, 1.82) is 0 Å². The van der Waals surface area contributed by atoms with Crippen LogP contribution in [0.2, 0.25) is 0 Å². The third kappa shape index (κ3) is 1.42. The summed E-state index contributed by atoms with van der Waals surface area (Å²) >= 11 is 3.33. The number of benzene rings is 2. The second-order valence-electron chi connectivity index (χ2n) is 2.93. The SMILES string of the molecule is Oc1c(CBr)ccc2ccccc12. The average Bonchev–Trinajstić information content (AvgIpc) is 2.19. The molecule has 0 unspecified atom stereocenters. The van der Waals surface area contributed by atoms with Gasteiger partial charge in [-0.15, -0.1) is 0 Å². The van der Waals surface area contributed by atoms with Gasteiger partial charge in [0.05, 0.1) is 0 Å². The first kappa shape index (κ1) is 8.57. The molecule has 0 fully saturated rings. The Hall–Kier alpha value is -1.02. The molecule has 0 bridgehead atoms. The maximum Gasteiger partial charge on any atom is 0.127 e. The Morgan fingerprint density at radius 3 is 2.62 bits per heavy atom. The van der Waals surface area contributed by atoms with Gasteiger partial charge in [-0.05, 0) is 5.39 Å². The number of phenols is 1. The molecule has 0 saturated carbocycles. The molecular formula is C11H9BrO. The molecule has 1 nitrogen and oxygen atoms in total. The zero-order valence-electron chi connectivity index (χ0n) is 7.00. The number of halogens is 1. The summed E-state index contributed by atoms with van der Waals surface area (Å²) in [7, 11) is 0. The fraction of sp³-hybridized carbons (Fsp3) is 0.0909. The number of phenolic OH excluding ortho intramolecular Hbond substituents is 1. The zero-order chi connectivity index (χ0) is 9.26. The van der Waals surface area contributed by atoms with Gasteiger partial charge in [0.15, 0.2) is 0 Å². The molecule has 2 aromatic carbocycles. The molecule has 0 saturated heterocycles. The van der Waals surface area contributed by atoms with Crippen LogP contribution in [0.4, 0.5) is 0 Å². The number of hydrogen-bond acceptors (Lipinski definition) is 1. The van der Waals surface area contributed by atoms with E-state index in [1.807, 2.05) is 36.4 Å². The molecule has 0 aliphatic rings. The Kier molecular flexibility index (Phi) is 2.23. The van der Waals surface area contributed by atoms with Crippen molar-refractivity contribution in [2.45, 2.75) is 5.33 Å². The van der Waals surface area contributed by atoms with Crippen LogP contribution in [0.15, 0.2) is 36.4 Å². The van der Waals surface area contributed by atoms with E-state index in [9.17, 15) is 5.11 Å². The van der Waals surface area contributed by atoms with E-state index in [1.165, 1.54) is 0 Å². The van der Waals surface area contributed by atoms with E-state index in [0.29, 0.717) is 11.1 Å². The Bertz CT molecular complexity index is 437. The van der Waals surface area contributed by atoms with E-state index in [1.54, 1.807) is 0 Å². The fourth-order valence-electron chi connectivity index (χ4n) is 1.41. The predicted octanol–water partition coefficient (Wildman–Crippen LogP) is 3.44. The molecule has 2 rings (SSSR count). The lowest BCUT2D eigenvalue weighted by atomic mass is 10.1. The van der Waals surface area contributed by atoms with Crippen molar-refractivity contribution in [3.05, 3.63) is 42.0 Å². The average molecular weight is 237 g/mol. The standard InChI is InChI=1S/C11H9BrO/c12-7-9-6-5-8-3-1-2-4-10(8)11(9)13/h1-6,13H,7H2. The third-order valence-corrected chi connectivity index (χ3v) is 2.73. The second kappa shape index (κ2) is 3.38. The number of fused-ring (bicyclic) bond motifs is 1. The lowest BCUT2D eigenvalue weighted by molar-refractivity contribution is 0.477. The number of rotatable bonds is 1. The van der Waals surface area contributed by atoms with Gasteiger partial charge in [-0.3, -0.25) is 0 Å². The van der Waals surface area contributed by atoms with E-state index in [4.69, 9.17) is 0 Å². The third-order valence-electron chi connectivity index (χ3n) is 2.13. The summed E-state index contributed by atoms with van der Waals surface area (Å²) in [4.78, 5) is 0. The normalized spacial score (nSPS) is 10.5. The van der Waals surface area contributed by atoms with Crippen molar-refractivity contribution in [2.24, 2.45) is 0 Å². The molecule has 2 heteroatoms. The van der Waals surface area contributed by atoms with Gasteiger partial charge < -0.3 is 5.11 Å². The molecule has 2 aromatic rings. The molecule has 0 atom stereocenters. The van der Waals surface area contributed by atoms with E-state index in [0.717, 1.165) is 16.3 Å². The van der Waals surface area contributed by atoms with Gasteiger partial charge in [0, 0.05) is 16.3 Å². The Morgan fingerprint density at radius 1 is 1.08 bits per heavy atom. The van der Waals surface area contributed by atoms with Crippen molar-refractivity contribution in [1.82, 2.24) is 0 Å². The first-order valence-corrected chi connectivity index (χ1v) is 5.20. The van der Waals surface area contributed by atoms with Gasteiger partial charge in [0.1, 0.15) is 5.75 Å². The zero-order valence-corrected chi connectivity index (χ0v) is 8.58. The van der Waals surface area contributed by atoms with Crippen LogP contribution < -0.4 is 0 Å². The van der Waals surface area contributed by atoms with Crippen LogP contribution in [0.25, 0.3) is 10.8 Å². The minimum Gasteiger partial charge on any atom is -0.507 e. The van der Waals surface area contributed by atoms with Crippen LogP contribution in [0.5, 0.6) is 5.75 Å². The summed E-state index contributed by atoms with van der Waals surface area (Å²) in [6.45, 7) is 0. The molecule has 0 amide bonds. The number of aromatic hydroxyl groups is 1. The maximum absolute atomic E-state index is 9.82. The van der Waals surface area contributed by atoms with Crippen molar-refractivity contribution >= 4 is 26.7 Å². The molecule has 0 spiro atoms. The van der Waals surface area contributed by atoms with Gasteiger partial charge in [-0.1, -0.05) is 52.3 Å². The van der Waals surface area contributed by atoms with E-state index < -0.39 is 0 Å². The van der Waals surface area contributed by atoms with Crippen molar-refractivity contribution in [3.8, 4) is 5.75 Å². The van der Waals surface area contributed by atoms with Crippen molar-refractivity contribution in [3.63, 3.8) is 0 Å². The topological polar surface area (TPSA) is 20.2 Å². The number of alkyl halides is 1. The molecule has 0 aliphatic carbocycles. The highest BCUT2D eigenvalue weighted by Gasteiger charge is 2.03. The molecule has 66 valence electrons. The van der Waals surface area contributed by atoms with Crippen LogP contribution in [0, 0.1) is 0 Å². The molecule has 0 aliphatic heterocycles. The molecule has 0 radical (unpaired) electrons. The molecular weight excluding hydrogens is 228 g/mol. The fourth-order valence-corrected chi connectivity index (χ4v) is 1.86. The Morgan fingerprint density at radius 2 is 1.85 bits per heavy atom. The largest absolute Gasteiger partial charge is 0.507 e. The van der Waals surface area contributed by atoms with Crippen LogP contribution in [-0.4, -0.2) is 5.11 Å². The van der Waals surface area contributed by atoms with Crippen LogP contribution in [0.3, 0.4) is 0 Å². The summed E-state index contributed by atoms with van der Waals surface area (Å²) in [5.74, 6) is 0.384. The summed E-state index contributed by atoms with van der Waals surface area (Å²) in [5.41, 5.74) is 0.929. The van der Waals surface area contributed by atoms with Crippen molar-refractivity contribution < 1.29 is 5.11 Å². The molecule has 13 heavy (non-hydrogen) atoms. The minimum atomic E-state index is 0.384. The molecule has 0 heterocycles. The molecule has 1 N–H and O–H groups in total. The van der Waals surface area contributed by atoms with E-state index >= 15 is 0 Å². The smallest absolute Gasteiger partial charge is 0.127 e. The van der Waals surface area contributed by atoms with Gasteiger partial charge in [0.2, 0.25) is 0 Å². The van der Waals surface area contributed by atoms with Crippen molar-refractivity contribution in [2.75, 3.05) is 0 Å². The highest BCUT2D eigenvalue weighted by molar-refractivity contribution is 9.08. The van der Waals surface area contributed by atoms with E-state index in [2.05, 4.69) is 15.9 Å². The first-order valence-electron chi connectivity index (χ1n) is 4.08. The summed E-state index contributed by atoms with van der Waals surface area (Å²) in [6, 6.07) is 11.8. The lowest BCUT2D eigenvalue weighted by Gasteiger charge is -2.04. The lowest BCUT2D eigenvalue weighted by Crippen LogP contribution is -1.80. The Balaban J connectivity index is 2.79. The van der Waals surface area contributed by atoms with E-state index in [-0.39, 0.29) is 0 Å². The Labute approximate surface area is 85.1 Å². The molecule has 0 aromatic heterocycles. The van der Waals surface area contributed by atoms with Gasteiger partial charge in [0.25, 0.3) is 0 Å². The summed E-state index contributed by atoms with van der Waals surface area (Å²) in [5, 5.41) is 12.5. The van der Waals surface area contributed by atoms with Crippen LogP contribution >= 0.6 is 15.9 Å². The quantitative estimate of drug-likeness (QED) is 0.753. The summed E-state index contributed by atoms with van der Waals surface area (Å²) in [6.07, 6.45) is 0. The second-order valence-corrected chi connectivity index (χ2v) is 3.49. The highest BCUT2D eigenvalue weighted by atomic mass is 79.9. The van der Waals surface area contributed by atoms with Gasteiger partial charge in [-0.25, -0.2) is 0 Å². The van der Waals surface area contributed by atoms with Crippen LogP contribution in [-0.2, 0) is 5.33 Å². The van der Waals surface area contributed by atoms with Gasteiger partial charge >= 0.3 is 0 Å². The first-order chi connectivity index (χ1) is 6.33. The van der Waals surface area contributed by atoms with Crippen LogP contribution in [0.1, 0.15) is 5.56 Å².